The predicted octanol–water partition coefficient (Wildman–Crippen LogP) is 4.57. The second-order valence-electron chi connectivity index (χ2n) is 5.37. The fourth-order valence-corrected chi connectivity index (χ4v) is 1.73. The van der Waals surface area contributed by atoms with Crippen LogP contribution in [0.25, 0.3) is 0 Å². The molecule has 3 heteroatoms. The van der Waals surface area contributed by atoms with Gasteiger partial charge in [0.2, 0.25) is 0 Å². The van der Waals surface area contributed by atoms with Crippen molar-refractivity contribution in [3.8, 4) is 0 Å². The molecule has 106 valence electrons. The van der Waals surface area contributed by atoms with Crippen molar-refractivity contribution < 1.29 is 14.3 Å². The van der Waals surface area contributed by atoms with Crippen LogP contribution in [0.5, 0.6) is 0 Å². The summed E-state index contributed by atoms with van der Waals surface area (Å²) in [4.78, 5) is 10.8. The summed E-state index contributed by atoms with van der Waals surface area (Å²) in [6.07, 6.45) is 8.04. The lowest BCUT2D eigenvalue weighted by Crippen LogP contribution is -2.12. The van der Waals surface area contributed by atoms with Gasteiger partial charge in [0.15, 0.2) is 0 Å². The lowest BCUT2D eigenvalue weighted by Gasteiger charge is -2.11. The fourth-order valence-electron chi connectivity index (χ4n) is 1.73. The first kappa shape index (κ1) is 17.0. The van der Waals surface area contributed by atoms with Crippen LogP contribution in [0.2, 0.25) is 0 Å². The summed E-state index contributed by atoms with van der Waals surface area (Å²) >= 11 is 0. The number of hydrogen-bond acceptors (Lipinski definition) is 3. The Hall–Kier alpha value is -0.990. The van der Waals surface area contributed by atoms with Gasteiger partial charge in [-0.15, -0.1) is 0 Å². The number of hydrogen-bond donors (Lipinski definition) is 0. The van der Waals surface area contributed by atoms with Gasteiger partial charge >= 0.3 is 6.16 Å². The standard InChI is InChI=1S/C15H28O3/c1-12(2)8-6-9-13(3)10-7-11-14(4)18-15(16)17-5/h7,11-14H,6,8-10H2,1-5H3/t13-,14?/m1/s1. The van der Waals surface area contributed by atoms with Gasteiger partial charge in [0.1, 0.15) is 6.10 Å². The number of allylic oxidation sites excluding steroid dienone is 1. The molecule has 0 amide bonds. The molecule has 2 atom stereocenters. The number of rotatable bonds is 8. The van der Waals surface area contributed by atoms with Gasteiger partial charge in [0.05, 0.1) is 7.11 Å². The second-order valence-corrected chi connectivity index (χ2v) is 5.37. The van der Waals surface area contributed by atoms with Crippen LogP contribution in [0.4, 0.5) is 4.79 Å². The van der Waals surface area contributed by atoms with E-state index in [-0.39, 0.29) is 6.10 Å². The minimum atomic E-state index is -0.628. The number of carbonyl (C=O) groups excluding carboxylic acids is 1. The summed E-state index contributed by atoms with van der Waals surface area (Å²) in [6, 6.07) is 0. The maximum absolute atomic E-state index is 10.8. The van der Waals surface area contributed by atoms with E-state index < -0.39 is 6.16 Å². The summed E-state index contributed by atoms with van der Waals surface area (Å²) in [5, 5.41) is 0. The molecule has 0 saturated carbocycles. The number of carbonyl (C=O) groups is 1. The van der Waals surface area contributed by atoms with E-state index in [0.717, 1.165) is 12.3 Å². The zero-order chi connectivity index (χ0) is 14.0. The first-order valence-electron chi connectivity index (χ1n) is 6.87. The molecular weight excluding hydrogens is 228 g/mol. The molecule has 3 nitrogen and oxygen atoms in total. The van der Waals surface area contributed by atoms with Crippen molar-refractivity contribution in [3.05, 3.63) is 12.2 Å². The Labute approximate surface area is 112 Å². The fraction of sp³-hybridized carbons (Fsp3) is 0.800. The van der Waals surface area contributed by atoms with Gasteiger partial charge in [-0.05, 0) is 31.3 Å². The third-order valence-corrected chi connectivity index (χ3v) is 2.87. The molecule has 0 aliphatic rings. The minimum absolute atomic E-state index is 0.222. The average Bonchev–Trinajstić information content (AvgIpc) is 2.28. The molecule has 0 aromatic rings. The summed E-state index contributed by atoms with van der Waals surface area (Å²) in [6.45, 7) is 8.61. The Bertz CT molecular complexity index is 246. The summed E-state index contributed by atoms with van der Waals surface area (Å²) < 4.78 is 9.37. The van der Waals surface area contributed by atoms with Gasteiger partial charge in [0, 0.05) is 0 Å². The molecule has 0 saturated heterocycles. The van der Waals surface area contributed by atoms with E-state index in [2.05, 4.69) is 31.6 Å². The smallest absolute Gasteiger partial charge is 0.438 e. The topological polar surface area (TPSA) is 35.5 Å². The van der Waals surface area contributed by atoms with Gasteiger partial charge in [-0.3, -0.25) is 0 Å². The first-order chi connectivity index (χ1) is 8.45. The van der Waals surface area contributed by atoms with Crippen LogP contribution in [0.3, 0.4) is 0 Å². The van der Waals surface area contributed by atoms with Crippen LogP contribution in [-0.2, 0) is 9.47 Å². The molecule has 0 aromatic carbocycles. The van der Waals surface area contributed by atoms with Crippen molar-refractivity contribution in [1.82, 2.24) is 0 Å². The van der Waals surface area contributed by atoms with Crippen LogP contribution in [0.15, 0.2) is 12.2 Å². The molecule has 0 bridgehead atoms. The molecule has 0 aliphatic heterocycles. The zero-order valence-electron chi connectivity index (χ0n) is 12.4. The molecule has 0 heterocycles. The highest BCUT2D eigenvalue weighted by molar-refractivity contribution is 5.59. The van der Waals surface area contributed by atoms with Crippen LogP contribution in [0, 0.1) is 11.8 Å². The highest BCUT2D eigenvalue weighted by Crippen LogP contribution is 2.15. The van der Waals surface area contributed by atoms with Gasteiger partial charge in [-0.2, -0.15) is 0 Å². The van der Waals surface area contributed by atoms with E-state index in [0.29, 0.717) is 5.92 Å². The van der Waals surface area contributed by atoms with E-state index in [9.17, 15) is 4.79 Å². The maximum Gasteiger partial charge on any atom is 0.508 e. The molecule has 0 aliphatic carbocycles. The Morgan fingerprint density at radius 2 is 1.83 bits per heavy atom. The van der Waals surface area contributed by atoms with Crippen molar-refractivity contribution in [2.24, 2.45) is 11.8 Å². The number of methoxy groups -OCH3 is 1. The molecule has 0 N–H and O–H groups in total. The molecule has 0 spiro atoms. The Kier molecular flexibility index (Phi) is 9.43. The molecule has 0 fully saturated rings. The van der Waals surface area contributed by atoms with E-state index in [4.69, 9.17) is 4.74 Å². The van der Waals surface area contributed by atoms with Crippen molar-refractivity contribution in [1.29, 1.82) is 0 Å². The SMILES string of the molecule is COC(=O)OC(C)C=CC[C@H](C)CCCC(C)C. The molecule has 0 aromatic heterocycles. The molecule has 18 heavy (non-hydrogen) atoms. The Morgan fingerprint density at radius 3 is 2.39 bits per heavy atom. The lowest BCUT2D eigenvalue weighted by atomic mass is 9.97. The molecule has 1 unspecified atom stereocenters. The van der Waals surface area contributed by atoms with Gasteiger partial charge in [-0.25, -0.2) is 4.79 Å². The van der Waals surface area contributed by atoms with E-state index in [1.54, 1.807) is 0 Å². The van der Waals surface area contributed by atoms with Gasteiger partial charge in [0.25, 0.3) is 0 Å². The van der Waals surface area contributed by atoms with Crippen LogP contribution in [-0.4, -0.2) is 19.4 Å². The summed E-state index contributed by atoms with van der Waals surface area (Å²) in [7, 11) is 1.32. The summed E-state index contributed by atoms with van der Waals surface area (Å²) in [5.74, 6) is 1.48. The third kappa shape index (κ3) is 10.2. The van der Waals surface area contributed by atoms with E-state index in [1.165, 1.54) is 26.4 Å². The van der Waals surface area contributed by atoms with Gasteiger partial charge in [-0.1, -0.05) is 46.1 Å². The monoisotopic (exact) mass is 256 g/mol. The minimum Gasteiger partial charge on any atom is -0.438 e. The normalized spacial score (nSPS) is 14.8. The van der Waals surface area contributed by atoms with Crippen molar-refractivity contribution in [2.45, 2.75) is 59.5 Å². The van der Waals surface area contributed by atoms with Crippen molar-refractivity contribution in [2.75, 3.05) is 7.11 Å². The largest absolute Gasteiger partial charge is 0.508 e. The molecule has 0 rings (SSSR count). The second kappa shape index (κ2) is 9.98. The maximum atomic E-state index is 10.8. The van der Waals surface area contributed by atoms with Crippen LogP contribution in [0.1, 0.15) is 53.4 Å². The summed E-state index contributed by atoms with van der Waals surface area (Å²) in [5.41, 5.74) is 0. The molecule has 0 radical (unpaired) electrons. The van der Waals surface area contributed by atoms with Crippen molar-refractivity contribution in [3.63, 3.8) is 0 Å². The van der Waals surface area contributed by atoms with E-state index >= 15 is 0 Å². The van der Waals surface area contributed by atoms with Crippen molar-refractivity contribution >= 4 is 6.16 Å². The zero-order valence-corrected chi connectivity index (χ0v) is 12.4. The predicted molar refractivity (Wildman–Crippen MR) is 74.6 cm³/mol. The molecular formula is C15H28O3. The number of ether oxygens (including phenoxy) is 2. The van der Waals surface area contributed by atoms with E-state index in [1.807, 2.05) is 13.0 Å². The Balaban J connectivity index is 3.69. The highest BCUT2D eigenvalue weighted by Gasteiger charge is 2.05. The van der Waals surface area contributed by atoms with Gasteiger partial charge < -0.3 is 9.47 Å². The lowest BCUT2D eigenvalue weighted by molar-refractivity contribution is 0.0578. The first-order valence-corrected chi connectivity index (χ1v) is 6.87. The van der Waals surface area contributed by atoms with Crippen LogP contribution >= 0.6 is 0 Å². The quantitative estimate of drug-likeness (QED) is 0.471. The van der Waals surface area contributed by atoms with Crippen LogP contribution < -0.4 is 0 Å². The average molecular weight is 256 g/mol. The Morgan fingerprint density at radius 1 is 1.17 bits per heavy atom. The highest BCUT2D eigenvalue weighted by atomic mass is 16.7. The third-order valence-electron chi connectivity index (χ3n) is 2.87.